The van der Waals surface area contributed by atoms with Crippen LogP contribution in [0.4, 0.5) is 0 Å². The Morgan fingerprint density at radius 2 is 2.14 bits per heavy atom. The van der Waals surface area contributed by atoms with Gasteiger partial charge < -0.3 is 14.9 Å². The van der Waals surface area contributed by atoms with E-state index in [-0.39, 0.29) is 28.5 Å². The standard InChI is InChI=1S/C19H24N6O3/c1-2-23-11-19(8-6-17(23)27)7-3-9-24(12-19)18(28)15-10-14(4-5-16(15)26)25-13-20-21-22-25/h4-5,10,13,26H,2-3,6-9,11-12H2,1H3/t19-/m1/s1. The summed E-state index contributed by atoms with van der Waals surface area (Å²) < 4.78 is 1.44. The molecule has 2 amide bonds. The molecule has 1 spiro atoms. The van der Waals surface area contributed by atoms with Gasteiger partial charge in [0.2, 0.25) is 5.91 Å². The minimum Gasteiger partial charge on any atom is -0.507 e. The van der Waals surface area contributed by atoms with Gasteiger partial charge in [0.25, 0.3) is 5.91 Å². The van der Waals surface area contributed by atoms with Crippen LogP contribution in [0.5, 0.6) is 5.75 Å². The Labute approximate surface area is 162 Å². The van der Waals surface area contributed by atoms with Crippen LogP contribution < -0.4 is 0 Å². The number of rotatable bonds is 3. The molecule has 4 rings (SSSR count). The zero-order chi connectivity index (χ0) is 19.7. The Kier molecular flexibility index (Phi) is 4.74. The second kappa shape index (κ2) is 7.21. The number of aromatic nitrogens is 4. The number of likely N-dealkylation sites (tertiary alicyclic amines) is 2. The number of carbonyl (C=O) groups excluding carboxylic acids is 2. The van der Waals surface area contributed by atoms with Crippen molar-refractivity contribution in [2.75, 3.05) is 26.2 Å². The van der Waals surface area contributed by atoms with Gasteiger partial charge in [-0.15, -0.1) is 5.10 Å². The van der Waals surface area contributed by atoms with Crippen molar-refractivity contribution in [3.05, 3.63) is 30.1 Å². The summed E-state index contributed by atoms with van der Waals surface area (Å²) in [6.45, 7) is 4.64. The predicted molar refractivity (Wildman–Crippen MR) is 99.9 cm³/mol. The lowest BCUT2D eigenvalue weighted by Crippen LogP contribution is -2.55. The molecule has 2 aliphatic rings. The molecular weight excluding hydrogens is 360 g/mol. The minimum atomic E-state index is -0.202. The fraction of sp³-hybridized carbons (Fsp3) is 0.526. The highest BCUT2D eigenvalue weighted by molar-refractivity contribution is 5.97. The van der Waals surface area contributed by atoms with E-state index in [0.717, 1.165) is 19.3 Å². The van der Waals surface area contributed by atoms with E-state index in [2.05, 4.69) is 15.5 Å². The smallest absolute Gasteiger partial charge is 0.257 e. The molecule has 2 aromatic rings. The predicted octanol–water partition coefficient (Wildman–Crippen LogP) is 1.23. The maximum Gasteiger partial charge on any atom is 0.257 e. The number of hydrogen-bond donors (Lipinski definition) is 1. The summed E-state index contributed by atoms with van der Waals surface area (Å²) in [4.78, 5) is 29.0. The Morgan fingerprint density at radius 1 is 1.29 bits per heavy atom. The molecule has 0 unspecified atom stereocenters. The van der Waals surface area contributed by atoms with Crippen LogP contribution >= 0.6 is 0 Å². The Morgan fingerprint density at radius 3 is 2.89 bits per heavy atom. The zero-order valence-electron chi connectivity index (χ0n) is 15.9. The van der Waals surface area contributed by atoms with E-state index < -0.39 is 0 Å². The van der Waals surface area contributed by atoms with E-state index >= 15 is 0 Å². The van der Waals surface area contributed by atoms with Gasteiger partial charge in [-0.05, 0) is 54.8 Å². The van der Waals surface area contributed by atoms with Crippen LogP contribution in [0, 0.1) is 5.41 Å². The Hall–Kier alpha value is -2.97. The third kappa shape index (κ3) is 3.32. The monoisotopic (exact) mass is 384 g/mol. The summed E-state index contributed by atoms with van der Waals surface area (Å²) in [7, 11) is 0. The molecule has 0 radical (unpaired) electrons. The molecule has 9 heteroatoms. The van der Waals surface area contributed by atoms with Crippen molar-refractivity contribution in [3.8, 4) is 11.4 Å². The first-order valence-corrected chi connectivity index (χ1v) is 9.65. The van der Waals surface area contributed by atoms with Gasteiger partial charge in [0, 0.05) is 38.0 Å². The molecule has 3 heterocycles. The fourth-order valence-electron chi connectivity index (χ4n) is 4.39. The summed E-state index contributed by atoms with van der Waals surface area (Å²) in [6, 6.07) is 4.76. The van der Waals surface area contributed by atoms with Crippen molar-refractivity contribution >= 4 is 11.8 Å². The van der Waals surface area contributed by atoms with Crippen LogP contribution in [0.2, 0.25) is 0 Å². The van der Waals surface area contributed by atoms with E-state index in [9.17, 15) is 14.7 Å². The van der Waals surface area contributed by atoms with Crippen molar-refractivity contribution in [2.24, 2.45) is 5.41 Å². The molecule has 9 nitrogen and oxygen atoms in total. The second-order valence-electron chi connectivity index (χ2n) is 7.69. The molecular formula is C19H24N6O3. The van der Waals surface area contributed by atoms with E-state index in [1.54, 1.807) is 12.1 Å². The number of aromatic hydroxyl groups is 1. The molecule has 2 aliphatic heterocycles. The number of piperidine rings is 2. The van der Waals surface area contributed by atoms with Gasteiger partial charge in [0.1, 0.15) is 12.1 Å². The fourth-order valence-corrected chi connectivity index (χ4v) is 4.39. The average Bonchev–Trinajstić information content (AvgIpc) is 3.25. The molecule has 0 bridgehead atoms. The topological polar surface area (TPSA) is 104 Å². The summed E-state index contributed by atoms with van der Waals surface area (Å²) in [6.07, 6.45) is 4.69. The lowest BCUT2D eigenvalue weighted by Gasteiger charge is -2.48. The molecule has 2 saturated heterocycles. The maximum absolute atomic E-state index is 13.2. The molecule has 1 aromatic carbocycles. The largest absolute Gasteiger partial charge is 0.507 e. The van der Waals surface area contributed by atoms with Gasteiger partial charge >= 0.3 is 0 Å². The highest BCUT2D eigenvalue weighted by Gasteiger charge is 2.42. The Bertz CT molecular complexity index is 884. The van der Waals surface area contributed by atoms with Crippen LogP contribution in [0.15, 0.2) is 24.5 Å². The van der Waals surface area contributed by atoms with Crippen molar-refractivity contribution in [2.45, 2.75) is 32.6 Å². The normalized spacial score (nSPS) is 22.7. The molecule has 28 heavy (non-hydrogen) atoms. The lowest BCUT2D eigenvalue weighted by atomic mass is 9.73. The summed E-state index contributed by atoms with van der Waals surface area (Å²) in [5.74, 6) is -0.0646. The van der Waals surface area contributed by atoms with Gasteiger partial charge in [-0.1, -0.05) is 0 Å². The van der Waals surface area contributed by atoms with E-state index in [1.165, 1.54) is 17.1 Å². The van der Waals surface area contributed by atoms with Crippen LogP contribution in [0.3, 0.4) is 0 Å². The molecule has 1 aromatic heterocycles. The number of benzene rings is 1. The van der Waals surface area contributed by atoms with Crippen LogP contribution in [-0.4, -0.2) is 73.1 Å². The number of nitrogens with zero attached hydrogens (tertiary/aromatic N) is 6. The first-order valence-electron chi connectivity index (χ1n) is 9.65. The number of tetrazole rings is 1. The highest BCUT2D eigenvalue weighted by atomic mass is 16.3. The van der Waals surface area contributed by atoms with Crippen molar-refractivity contribution < 1.29 is 14.7 Å². The number of phenolic OH excluding ortho intramolecular Hbond substituents is 1. The molecule has 0 aliphatic carbocycles. The van der Waals surface area contributed by atoms with Crippen molar-refractivity contribution in [3.63, 3.8) is 0 Å². The first kappa shape index (κ1) is 18.4. The number of amides is 2. The van der Waals surface area contributed by atoms with Gasteiger partial charge in [-0.2, -0.15) is 0 Å². The quantitative estimate of drug-likeness (QED) is 0.854. The molecule has 148 valence electrons. The second-order valence-corrected chi connectivity index (χ2v) is 7.69. The number of phenols is 1. The zero-order valence-corrected chi connectivity index (χ0v) is 15.9. The van der Waals surface area contributed by atoms with Crippen molar-refractivity contribution in [1.29, 1.82) is 0 Å². The van der Waals surface area contributed by atoms with E-state index in [4.69, 9.17) is 0 Å². The first-order chi connectivity index (χ1) is 13.5. The summed E-state index contributed by atoms with van der Waals surface area (Å²) >= 11 is 0. The third-order valence-corrected chi connectivity index (χ3v) is 5.90. The Balaban J connectivity index is 1.57. The van der Waals surface area contributed by atoms with E-state index in [0.29, 0.717) is 38.3 Å². The number of carbonyl (C=O) groups is 2. The molecule has 1 atom stereocenters. The lowest BCUT2D eigenvalue weighted by molar-refractivity contribution is -0.138. The van der Waals surface area contributed by atoms with Gasteiger partial charge in [0.05, 0.1) is 11.3 Å². The summed E-state index contributed by atoms with van der Waals surface area (Å²) in [5.41, 5.74) is 0.795. The van der Waals surface area contributed by atoms with Crippen LogP contribution in [0.1, 0.15) is 43.0 Å². The summed E-state index contributed by atoms with van der Waals surface area (Å²) in [5, 5.41) is 21.3. The maximum atomic E-state index is 13.2. The van der Waals surface area contributed by atoms with Gasteiger partial charge in [-0.3, -0.25) is 9.59 Å². The van der Waals surface area contributed by atoms with Crippen LogP contribution in [0.25, 0.3) is 5.69 Å². The SMILES string of the molecule is CCN1C[C@@]2(CCCN(C(=O)c3cc(-n4cnnn4)ccc3O)C2)CCC1=O. The van der Waals surface area contributed by atoms with Gasteiger partial charge in [-0.25, -0.2) is 4.68 Å². The third-order valence-electron chi connectivity index (χ3n) is 5.90. The minimum absolute atomic E-state index is 0.0547. The molecule has 2 fully saturated rings. The molecule has 1 N–H and O–H groups in total. The number of hydrogen-bond acceptors (Lipinski definition) is 6. The van der Waals surface area contributed by atoms with Gasteiger partial charge in [0.15, 0.2) is 0 Å². The van der Waals surface area contributed by atoms with Crippen molar-refractivity contribution in [1.82, 2.24) is 30.0 Å². The average molecular weight is 384 g/mol. The molecule has 0 saturated carbocycles. The van der Waals surface area contributed by atoms with E-state index in [1.807, 2.05) is 16.7 Å². The van der Waals surface area contributed by atoms with Crippen LogP contribution in [-0.2, 0) is 4.79 Å². The highest BCUT2D eigenvalue weighted by Crippen LogP contribution is 2.39.